The Bertz CT molecular complexity index is 371. The minimum absolute atomic E-state index is 0.386. The Hall–Kier alpha value is -1.28. The van der Waals surface area contributed by atoms with Crippen LogP contribution in [0.5, 0.6) is 5.75 Å². The fourth-order valence-electron chi connectivity index (χ4n) is 2.01. The topological polar surface area (TPSA) is 29.5 Å². The van der Waals surface area contributed by atoms with Gasteiger partial charge in [0.25, 0.3) is 0 Å². The van der Waals surface area contributed by atoms with Gasteiger partial charge < -0.3 is 9.84 Å². The first kappa shape index (κ1) is 14.8. The Morgan fingerprint density at radius 1 is 1.33 bits per heavy atom. The number of ether oxygens (including phenoxy) is 1. The maximum absolute atomic E-state index is 10.1. The maximum Gasteiger partial charge on any atom is 0.122 e. The van der Waals surface area contributed by atoms with Crippen LogP contribution in [0.2, 0.25) is 0 Å². The third kappa shape index (κ3) is 4.53. The number of rotatable bonds is 8. The highest BCUT2D eigenvalue weighted by Crippen LogP contribution is 2.26. The highest BCUT2D eigenvalue weighted by atomic mass is 16.5. The minimum atomic E-state index is -0.386. The molecule has 1 aromatic rings. The molecule has 0 radical (unpaired) electrons. The third-order valence-electron chi connectivity index (χ3n) is 3.20. The van der Waals surface area contributed by atoms with E-state index in [-0.39, 0.29) is 6.10 Å². The lowest BCUT2D eigenvalue weighted by atomic mass is 10.0. The summed E-state index contributed by atoms with van der Waals surface area (Å²) >= 11 is 0. The van der Waals surface area contributed by atoms with E-state index in [1.165, 1.54) is 0 Å². The first-order valence-electron chi connectivity index (χ1n) is 6.62. The number of hydrogen-bond donors (Lipinski definition) is 1. The molecule has 0 saturated heterocycles. The number of unbranched alkanes of at least 4 members (excludes halogenated alkanes) is 3. The van der Waals surface area contributed by atoms with Crippen LogP contribution in [0.15, 0.2) is 30.9 Å². The van der Waals surface area contributed by atoms with Crippen molar-refractivity contribution < 1.29 is 9.84 Å². The molecule has 0 aliphatic carbocycles. The van der Waals surface area contributed by atoms with Gasteiger partial charge in [-0.2, -0.15) is 0 Å². The molecule has 0 aliphatic rings. The quantitative estimate of drug-likeness (QED) is 0.552. The molecular formula is C16H24O2. The van der Waals surface area contributed by atoms with E-state index in [1.54, 1.807) is 7.11 Å². The Kier molecular flexibility index (Phi) is 6.51. The Labute approximate surface area is 110 Å². The van der Waals surface area contributed by atoms with E-state index in [2.05, 4.69) is 6.58 Å². The molecule has 0 aliphatic heterocycles. The van der Waals surface area contributed by atoms with Crippen LogP contribution in [0, 0.1) is 6.92 Å². The highest BCUT2D eigenvalue weighted by Gasteiger charge is 2.09. The summed E-state index contributed by atoms with van der Waals surface area (Å²) in [6, 6.07) is 5.91. The lowest BCUT2D eigenvalue weighted by Gasteiger charge is -2.13. The van der Waals surface area contributed by atoms with Gasteiger partial charge in [0.2, 0.25) is 0 Å². The zero-order chi connectivity index (χ0) is 13.4. The summed E-state index contributed by atoms with van der Waals surface area (Å²) in [6.07, 6.45) is 6.78. The molecular weight excluding hydrogens is 224 g/mol. The Morgan fingerprint density at radius 3 is 2.78 bits per heavy atom. The van der Waals surface area contributed by atoms with E-state index in [4.69, 9.17) is 4.74 Å². The van der Waals surface area contributed by atoms with E-state index in [0.717, 1.165) is 49.0 Å². The van der Waals surface area contributed by atoms with Gasteiger partial charge >= 0.3 is 0 Å². The molecule has 0 bridgehead atoms. The molecule has 100 valence electrons. The lowest BCUT2D eigenvalue weighted by molar-refractivity contribution is 0.163. The molecule has 0 fully saturated rings. The van der Waals surface area contributed by atoms with E-state index < -0.39 is 0 Å². The predicted molar refractivity (Wildman–Crippen MR) is 76.0 cm³/mol. The van der Waals surface area contributed by atoms with Gasteiger partial charge in [-0.05, 0) is 43.4 Å². The summed E-state index contributed by atoms with van der Waals surface area (Å²) in [5.74, 6) is 0.846. The normalized spacial score (nSPS) is 12.2. The number of hydrogen-bond acceptors (Lipinski definition) is 2. The van der Waals surface area contributed by atoms with E-state index in [0.29, 0.717) is 0 Å². The second-order valence-corrected chi connectivity index (χ2v) is 4.67. The first-order chi connectivity index (χ1) is 8.69. The molecule has 2 nitrogen and oxygen atoms in total. The van der Waals surface area contributed by atoms with Crippen LogP contribution in [-0.4, -0.2) is 12.2 Å². The van der Waals surface area contributed by atoms with Crippen molar-refractivity contribution >= 4 is 0 Å². The molecule has 0 spiro atoms. The summed E-state index contributed by atoms with van der Waals surface area (Å²) in [7, 11) is 1.66. The summed E-state index contributed by atoms with van der Waals surface area (Å²) in [4.78, 5) is 0. The number of aliphatic hydroxyl groups excluding tert-OH is 1. The van der Waals surface area contributed by atoms with Crippen molar-refractivity contribution in [2.24, 2.45) is 0 Å². The molecule has 1 unspecified atom stereocenters. The number of benzene rings is 1. The number of aryl methyl sites for hydroxylation is 1. The Morgan fingerprint density at radius 2 is 2.11 bits per heavy atom. The van der Waals surface area contributed by atoms with Gasteiger partial charge in [-0.3, -0.25) is 0 Å². The van der Waals surface area contributed by atoms with Gasteiger partial charge in [0, 0.05) is 0 Å². The molecule has 2 heteroatoms. The van der Waals surface area contributed by atoms with Crippen molar-refractivity contribution in [1.29, 1.82) is 0 Å². The van der Waals surface area contributed by atoms with Crippen LogP contribution in [0.3, 0.4) is 0 Å². The van der Waals surface area contributed by atoms with Gasteiger partial charge in [0.1, 0.15) is 5.75 Å². The average molecular weight is 248 g/mol. The van der Waals surface area contributed by atoms with Gasteiger partial charge in [-0.1, -0.05) is 31.1 Å². The standard InChI is InChI=1S/C16H24O2/c1-4-5-6-7-8-9-15(17)14-11-10-13(2)16(12-14)18-3/h4,10-12,15,17H,1,5-9H2,2-3H3. The zero-order valence-corrected chi connectivity index (χ0v) is 11.5. The van der Waals surface area contributed by atoms with Crippen molar-refractivity contribution in [3.8, 4) is 5.75 Å². The minimum Gasteiger partial charge on any atom is -0.496 e. The van der Waals surface area contributed by atoms with Crippen LogP contribution in [0.4, 0.5) is 0 Å². The summed E-state index contributed by atoms with van der Waals surface area (Å²) in [5, 5.41) is 10.1. The fourth-order valence-corrected chi connectivity index (χ4v) is 2.01. The third-order valence-corrected chi connectivity index (χ3v) is 3.20. The van der Waals surface area contributed by atoms with Crippen LogP contribution in [0.1, 0.15) is 49.3 Å². The zero-order valence-electron chi connectivity index (χ0n) is 11.5. The van der Waals surface area contributed by atoms with Crippen LogP contribution < -0.4 is 4.74 Å². The van der Waals surface area contributed by atoms with Crippen LogP contribution >= 0.6 is 0 Å². The monoisotopic (exact) mass is 248 g/mol. The van der Waals surface area contributed by atoms with Crippen molar-refractivity contribution in [2.45, 2.75) is 45.1 Å². The SMILES string of the molecule is C=CCCCCCC(O)c1ccc(C)c(OC)c1. The van der Waals surface area contributed by atoms with Crippen molar-refractivity contribution in [1.82, 2.24) is 0 Å². The van der Waals surface area contributed by atoms with E-state index in [9.17, 15) is 5.11 Å². The summed E-state index contributed by atoms with van der Waals surface area (Å²) in [6.45, 7) is 5.71. The highest BCUT2D eigenvalue weighted by molar-refractivity contribution is 5.37. The van der Waals surface area contributed by atoms with Gasteiger partial charge in [0.05, 0.1) is 13.2 Å². The molecule has 0 heterocycles. The summed E-state index contributed by atoms with van der Waals surface area (Å²) < 4.78 is 5.27. The van der Waals surface area contributed by atoms with Crippen molar-refractivity contribution in [3.05, 3.63) is 42.0 Å². The Balaban J connectivity index is 2.45. The molecule has 1 N–H and O–H groups in total. The summed E-state index contributed by atoms with van der Waals surface area (Å²) in [5.41, 5.74) is 2.04. The van der Waals surface area contributed by atoms with Crippen molar-refractivity contribution in [3.63, 3.8) is 0 Å². The van der Waals surface area contributed by atoms with E-state index in [1.807, 2.05) is 31.2 Å². The molecule has 0 amide bonds. The van der Waals surface area contributed by atoms with Gasteiger partial charge in [-0.25, -0.2) is 0 Å². The molecule has 1 aromatic carbocycles. The van der Waals surface area contributed by atoms with Crippen molar-refractivity contribution in [2.75, 3.05) is 7.11 Å². The molecule has 0 aromatic heterocycles. The smallest absolute Gasteiger partial charge is 0.122 e. The number of methoxy groups -OCH3 is 1. The fraction of sp³-hybridized carbons (Fsp3) is 0.500. The predicted octanol–water partition coefficient (Wildman–Crippen LogP) is 4.17. The first-order valence-corrected chi connectivity index (χ1v) is 6.62. The number of aliphatic hydroxyl groups is 1. The van der Waals surface area contributed by atoms with Crippen LogP contribution in [-0.2, 0) is 0 Å². The second kappa shape index (κ2) is 7.93. The molecule has 0 saturated carbocycles. The average Bonchev–Trinajstić information content (AvgIpc) is 2.38. The largest absolute Gasteiger partial charge is 0.496 e. The lowest BCUT2D eigenvalue weighted by Crippen LogP contribution is -1.99. The molecule has 1 rings (SSSR count). The molecule has 18 heavy (non-hydrogen) atoms. The van der Waals surface area contributed by atoms with Crippen LogP contribution in [0.25, 0.3) is 0 Å². The maximum atomic E-state index is 10.1. The number of allylic oxidation sites excluding steroid dienone is 1. The second-order valence-electron chi connectivity index (χ2n) is 4.67. The molecule has 1 atom stereocenters. The van der Waals surface area contributed by atoms with Gasteiger partial charge in [-0.15, -0.1) is 6.58 Å². The van der Waals surface area contributed by atoms with Gasteiger partial charge in [0.15, 0.2) is 0 Å². The van der Waals surface area contributed by atoms with E-state index >= 15 is 0 Å².